The van der Waals surface area contributed by atoms with Crippen molar-refractivity contribution in [1.82, 2.24) is 0 Å². The lowest BCUT2D eigenvalue weighted by Crippen LogP contribution is -2.15. The third-order valence-electron chi connectivity index (χ3n) is 4.66. The highest BCUT2D eigenvalue weighted by Gasteiger charge is 2.21. The molecule has 0 fully saturated rings. The lowest BCUT2D eigenvalue weighted by molar-refractivity contribution is 0.0207. The molecule has 0 aliphatic rings. The molecule has 0 heterocycles. The Hall–Kier alpha value is -2.59. The van der Waals surface area contributed by atoms with Crippen LogP contribution in [0.15, 0.2) is 58.3 Å². The van der Waals surface area contributed by atoms with E-state index in [2.05, 4.69) is 0 Å². The van der Waals surface area contributed by atoms with Gasteiger partial charge >= 0.3 is 11.9 Å². The first kappa shape index (κ1) is 35.4. The number of esters is 2. The minimum absolute atomic E-state index is 0.0131. The first-order chi connectivity index (χ1) is 18.9. The fourth-order valence-corrected chi connectivity index (χ4v) is 4.77. The van der Waals surface area contributed by atoms with Crippen molar-refractivity contribution < 1.29 is 54.8 Å². The molecule has 0 aromatic heterocycles. The molecule has 40 heavy (non-hydrogen) atoms. The molecule has 2 aromatic rings. The number of sulfone groups is 1. The summed E-state index contributed by atoms with van der Waals surface area (Å²) >= 11 is 0. The van der Waals surface area contributed by atoms with Crippen molar-refractivity contribution in [2.45, 2.75) is 9.79 Å². The molecule has 0 unspecified atom stereocenters. The van der Waals surface area contributed by atoms with E-state index in [1.165, 1.54) is 36.4 Å². The van der Waals surface area contributed by atoms with Crippen LogP contribution in [0.4, 0.5) is 0 Å². The predicted octanol–water partition coefficient (Wildman–Crippen LogP) is 2.34. The lowest BCUT2D eigenvalue weighted by atomic mass is 10.2. The normalized spacial score (nSPS) is 11.3. The van der Waals surface area contributed by atoms with Crippen LogP contribution in [0.3, 0.4) is 0 Å². The van der Waals surface area contributed by atoms with Gasteiger partial charge in [-0.2, -0.15) is 0 Å². The molecule has 0 saturated heterocycles. The molecule has 12 nitrogen and oxygen atoms in total. The van der Waals surface area contributed by atoms with Gasteiger partial charge in [0.15, 0.2) is 9.84 Å². The van der Waals surface area contributed by atoms with Crippen LogP contribution in [-0.4, -0.2) is 102 Å². The van der Waals surface area contributed by atoms with Crippen molar-refractivity contribution in [3.63, 3.8) is 0 Å². The molecule has 0 amide bonds. The van der Waals surface area contributed by atoms with E-state index in [0.717, 1.165) is 6.26 Å². The molecule has 0 N–H and O–H groups in total. The van der Waals surface area contributed by atoms with Crippen LogP contribution in [0.5, 0.6) is 0 Å². The van der Waals surface area contributed by atoms with Crippen LogP contribution in [0.2, 0.25) is 0 Å². The molecule has 0 atom stereocenters. The van der Waals surface area contributed by atoms with E-state index in [1.54, 1.807) is 26.4 Å². The first-order valence-corrected chi connectivity index (χ1v) is 15.9. The van der Waals surface area contributed by atoms with E-state index in [-0.39, 0.29) is 47.3 Å². The summed E-state index contributed by atoms with van der Waals surface area (Å²) < 4.78 is 75.5. The van der Waals surface area contributed by atoms with Gasteiger partial charge in [0.1, 0.15) is 13.2 Å². The fourth-order valence-electron chi connectivity index (χ4n) is 2.84. The van der Waals surface area contributed by atoms with Crippen molar-refractivity contribution in [2.75, 3.05) is 73.3 Å². The zero-order valence-electron chi connectivity index (χ0n) is 22.4. The van der Waals surface area contributed by atoms with Gasteiger partial charge in [-0.15, -0.1) is 0 Å². The van der Waals surface area contributed by atoms with Gasteiger partial charge in [0.05, 0.1) is 60.6 Å². The summed E-state index contributed by atoms with van der Waals surface area (Å²) in [6.07, 6.45) is 1.05. The Morgan fingerprint density at radius 3 is 1.40 bits per heavy atom. The topological polar surface area (TPSA) is 158 Å². The number of ether oxygens (including phenoxy) is 6. The molecule has 2 aromatic carbocycles. The van der Waals surface area contributed by atoms with E-state index >= 15 is 0 Å². The number of methoxy groups -OCH3 is 2. The fraction of sp³-hybridized carbons (Fsp3) is 0.440. The Labute approximate surface area is 238 Å². The van der Waals surface area contributed by atoms with Gasteiger partial charge in [0.25, 0.3) is 9.05 Å². The van der Waals surface area contributed by atoms with Gasteiger partial charge in [-0.1, -0.05) is 24.3 Å². The first-order valence-electron chi connectivity index (χ1n) is 11.7. The molecular weight excluding hydrogens is 592 g/mol. The number of rotatable bonds is 16. The lowest BCUT2D eigenvalue weighted by Gasteiger charge is -2.08. The van der Waals surface area contributed by atoms with Gasteiger partial charge in [0, 0.05) is 31.2 Å². The molecule has 224 valence electrons. The Kier molecular flexibility index (Phi) is 16.6. The summed E-state index contributed by atoms with van der Waals surface area (Å²) in [7, 11) is 0.895. The second kappa shape index (κ2) is 18.7. The van der Waals surface area contributed by atoms with Gasteiger partial charge < -0.3 is 28.4 Å². The van der Waals surface area contributed by atoms with Crippen molar-refractivity contribution in [3.8, 4) is 0 Å². The highest BCUT2D eigenvalue weighted by Crippen LogP contribution is 2.20. The van der Waals surface area contributed by atoms with E-state index in [1.807, 2.05) is 0 Å². The highest BCUT2D eigenvalue weighted by molar-refractivity contribution is 8.13. The maximum atomic E-state index is 11.8. The molecule has 15 heteroatoms. The van der Waals surface area contributed by atoms with Gasteiger partial charge in [0.2, 0.25) is 0 Å². The van der Waals surface area contributed by atoms with Crippen LogP contribution in [0.1, 0.15) is 20.7 Å². The van der Waals surface area contributed by atoms with Gasteiger partial charge in [-0.25, -0.2) is 26.4 Å². The molecular formula is C25H33ClO12S2. The smallest absolute Gasteiger partial charge is 0.339 e. The zero-order chi connectivity index (χ0) is 30.0. The standard InChI is InChI=1S/C13H18O6S.C12H15ClO6S/c1-17-7-8-18-9-10-19-13(14)11-5-3-4-6-12(11)20(2,15)16;1-17-6-7-18-8-9-19-12(14)10-4-2-3-5-11(10)20(13,15)16/h3-6H,7-10H2,1-2H3;2-5H,6-9H2,1H3. The van der Waals surface area contributed by atoms with Crippen LogP contribution in [0.25, 0.3) is 0 Å². The summed E-state index contributed by atoms with van der Waals surface area (Å²) in [5.41, 5.74) is -0.0636. The largest absolute Gasteiger partial charge is 0.460 e. The monoisotopic (exact) mass is 624 g/mol. The van der Waals surface area contributed by atoms with Crippen molar-refractivity contribution >= 4 is 41.5 Å². The van der Waals surface area contributed by atoms with Crippen LogP contribution < -0.4 is 0 Å². The van der Waals surface area contributed by atoms with Crippen molar-refractivity contribution in [1.29, 1.82) is 0 Å². The number of hydrogen-bond acceptors (Lipinski definition) is 12. The summed E-state index contributed by atoms with van der Waals surface area (Å²) in [6, 6.07) is 11.5. The zero-order valence-corrected chi connectivity index (χ0v) is 24.8. The van der Waals surface area contributed by atoms with Crippen LogP contribution in [-0.2, 0) is 47.3 Å². The van der Waals surface area contributed by atoms with Crippen molar-refractivity contribution in [2.24, 2.45) is 0 Å². The molecule has 0 bridgehead atoms. The SMILES string of the molecule is COCCOCCOC(=O)c1ccccc1S(=O)(=O)Cl.COCCOCCOC(=O)c1ccccc1S(C)(=O)=O. The third-order valence-corrected chi connectivity index (χ3v) is 7.20. The van der Waals surface area contributed by atoms with Crippen LogP contribution in [0, 0.1) is 0 Å². The Morgan fingerprint density at radius 2 is 1.00 bits per heavy atom. The maximum absolute atomic E-state index is 11.8. The molecule has 2 rings (SSSR count). The predicted molar refractivity (Wildman–Crippen MR) is 145 cm³/mol. The van der Waals surface area contributed by atoms with Gasteiger partial charge in [-0.3, -0.25) is 0 Å². The Balaban J connectivity index is 0.000000400. The third kappa shape index (κ3) is 13.7. The summed E-state index contributed by atoms with van der Waals surface area (Å²) in [4.78, 5) is 23.3. The second-order valence-electron chi connectivity index (χ2n) is 7.68. The summed E-state index contributed by atoms with van der Waals surface area (Å²) in [5, 5.41) is 0. The Morgan fingerprint density at radius 1 is 0.625 bits per heavy atom. The number of hydrogen-bond donors (Lipinski definition) is 0. The van der Waals surface area contributed by atoms with Crippen LogP contribution >= 0.6 is 10.7 Å². The van der Waals surface area contributed by atoms with E-state index in [4.69, 9.17) is 39.1 Å². The average Bonchev–Trinajstić information content (AvgIpc) is 2.91. The van der Waals surface area contributed by atoms with E-state index in [9.17, 15) is 26.4 Å². The number of carbonyl (C=O) groups excluding carboxylic acids is 2. The highest BCUT2D eigenvalue weighted by atomic mass is 35.7. The minimum atomic E-state index is -4.00. The van der Waals surface area contributed by atoms with E-state index < -0.39 is 30.8 Å². The van der Waals surface area contributed by atoms with E-state index in [0.29, 0.717) is 26.4 Å². The van der Waals surface area contributed by atoms with Gasteiger partial charge in [-0.05, 0) is 24.3 Å². The Bertz CT molecular complexity index is 1180. The molecule has 0 aliphatic carbocycles. The summed E-state index contributed by atoms with van der Waals surface area (Å²) in [6.45, 7) is 2.21. The number of benzene rings is 2. The maximum Gasteiger partial charge on any atom is 0.339 e. The number of halogens is 1. The molecule has 0 radical (unpaired) electrons. The quantitative estimate of drug-likeness (QED) is 0.153. The van der Waals surface area contributed by atoms with Crippen molar-refractivity contribution in [3.05, 3.63) is 59.7 Å². The minimum Gasteiger partial charge on any atom is -0.460 e. The molecule has 0 saturated carbocycles. The number of carbonyl (C=O) groups is 2. The second-order valence-corrected chi connectivity index (χ2v) is 12.2. The summed E-state index contributed by atoms with van der Waals surface area (Å²) in [5.74, 6) is -1.44. The molecule has 0 spiro atoms. The molecule has 0 aliphatic heterocycles. The average molecular weight is 625 g/mol.